The lowest BCUT2D eigenvalue weighted by molar-refractivity contribution is 0.112. The Morgan fingerprint density at radius 3 is 3.14 bits per heavy atom. The van der Waals surface area contributed by atoms with Gasteiger partial charge < -0.3 is 10.5 Å². The van der Waals surface area contributed by atoms with Gasteiger partial charge in [0.25, 0.3) is 0 Å². The normalized spacial score (nSPS) is 15.5. The first kappa shape index (κ1) is 10.1. The van der Waals surface area contributed by atoms with Gasteiger partial charge in [-0.15, -0.1) is 11.3 Å². The van der Waals surface area contributed by atoms with E-state index in [1.165, 1.54) is 15.6 Å². The van der Waals surface area contributed by atoms with Gasteiger partial charge in [0.05, 0.1) is 28.8 Å². The average molecular weight is 212 g/mol. The highest BCUT2D eigenvalue weighted by Gasteiger charge is 2.14. The summed E-state index contributed by atoms with van der Waals surface area (Å²) < 4.78 is 5.39. The van der Waals surface area contributed by atoms with E-state index in [0.717, 1.165) is 45.4 Å². The Hall–Kier alpha value is -0.450. The molecule has 78 valence electrons. The number of unbranched alkanes of at least 4 members (excludes halogenated alkanes) is 1. The van der Waals surface area contributed by atoms with E-state index >= 15 is 0 Å². The summed E-state index contributed by atoms with van der Waals surface area (Å²) in [7, 11) is 0. The quantitative estimate of drug-likeness (QED) is 0.769. The Balaban J connectivity index is 1.94. The number of nitrogens with two attached hydrogens (primary N) is 1. The van der Waals surface area contributed by atoms with Crippen LogP contribution in [0.3, 0.4) is 0 Å². The molecule has 1 aliphatic rings. The molecular formula is C10H16N2OS. The summed E-state index contributed by atoms with van der Waals surface area (Å²) in [6, 6.07) is 0. The van der Waals surface area contributed by atoms with Crippen molar-refractivity contribution >= 4 is 11.3 Å². The predicted octanol–water partition coefficient (Wildman–Crippen LogP) is 1.50. The first-order valence-corrected chi connectivity index (χ1v) is 5.97. The summed E-state index contributed by atoms with van der Waals surface area (Å²) in [6.45, 7) is 2.39. The molecule has 3 nitrogen and oxygen atoms in total. The van der Waals surface area contributed by atoms with Crippen LogP contribution >= 0.6 is 11.3 Å². The number of aryl methyl sites for hydroxylation is 1. The topological polar surface area (TPSA) is 48.1 Å². The van der Waals surface area contributed by atoms with Crippen LogP contribution in [0.15, 0.2) is 0 Å². The molecule has 2 N–H and O–H groups in total. The summed E-state index contributed by atoms with van der Waals surface area (Å²) in [5.74, 6) is 0. The zero-order valence-corrected chi connectivity index (χ0v) is 9.11. The fourth-order valence-electron chi connectivity index (χ4n) is 1.61. The van der Waals surface area contributed by atoms with E-state index in [1.807, 2.05) is 11.3 Å². The van der Waals surface area contributed by atoms with Crippen LogP contribution in [0.1, 0.15) is 28.4 Å². The molecule has 4 heteroatoms. The van der Waals surface area contributed by atoms with E-state index in [0.29, 0.717) is 0 Å². The SMILES string of the molecule is NCCCCc1nc2c(s1)COCC2. The zero-order chi connectivity index (χ0) is 9.80. The first-order valence-electron chi connectivity index (χ1n) is 5.15. The van der Waals surface area contributed by atoms with Crippen molar-refractivity contribution in [1.82, 2.24) is 4.98 Å². The second-order valence-corrected chi connectivity index (χ2v) is 4.69. The van der Waals surface area contributed by atoms with E-state index in [9.17, 15) is 0 Å². The van der Waals surface area contributed by atoms with E-state index < -0.39 is 0 Å². The van der Waals surface area contributed by atoms with Crippen molar-refractivity contribution in [3.8, 4) is 0 Å². The van der Waals surface area contributed by atoms with Gasteiger partial charge in [0.2, 0.25) is 0 Å². The molecule has 1 aromatic rings. The minimum Gasteiger partial charge on any atom is -0.375 e. The second-order valence-electron chi connectivity index (χ2n) is 3.53. The number of fused-ring (bicyclic) bond motifs is 1. The molecule has 0 unspecified atom stereocenters. The highest BCUT2D eigenvalue weighted by atomic mass is 32.1. The zero-order valence-electron chi connectivity index (χ0n) is 8.29. The second kappa shape index (κ2) is 4.87. The fourth-order valence-corrected chi connectivity index (χ4v) is 2.70. The van der Waals surface area contributed by atoms with Crippen LogP contribution in [0.4, 0.5) is 0 Å². The van der Waals surface area contributed by atoms with Gasteiger partial charge in [-0.1, -0.05) is 0 Å². The maximum Gasteiger partial charge on any atom is 0.0932 e. The van der Waals surface area contributed by atoms with Gasteiger partial charge in [0.15, 0.2) is 0 Å². The Labute approximate surface area is 88.3 Å². The number of aromatic nitrogens is 1. The maximum absolute atomic E-state index is 5.45. The monoisotopic (exact) mass is 212 g/mol. The molecule has 0 aromatic carbocycles. The number of thiazole rings is 1. The third-order valence-electron chi connectivity index (χ3n) is 2.38. The van der Waals surface area contributed by atoms with Crippen LogP contribution in [-0.2, 0) is 24.2 Å². The largest absolute Gasteiger partial charge is 0.375 e. The van der Waals surface area contributed by atoms with Crippen LogP contribution < -0.4 is 5.73 Å². The molecule has 0 fully saturated rings. The molecule has 2 rings (SSSR count). The van der Waals surface area contributed by atoms with Crippen LogP contribution in [0, 0.1) is 0 Å². The Morgan fingerprint density at radius 1 is 1.43 bits per heavy atom. The number of hydrogen-bond acceptors (Lipinski definition) is 4. The summed E-state index contributed by atoms with van der Waals surface area (Å²) in [4.78, 5) is 5.95. The molecular weight excluding hydrogens is 196 g/mol. The molecule has 1 aliphatic heterocycles. The highest BCUT2D eigenvalue weighted by molar-refractivity contribution is 7.11. The van der Waals surface area contributed by atoms with Gasteiger partial charge in [-0.25, -0.2) is 4.98 Å². The van der Waals surface area contributed by atoms with Crippen molar-refractivity contribution in [3.05, 3.63) is 15.6 Å². The molecule has 1 aromatic heterocycles. The Morgan fingerprint density at radius 2 is 2.36 bits per heavy atom. The molecule has 0 saturated carbocycles. The lowest BCUT2D eigenvalue weighted by Gasteiger charge is -2.08. The first-order chi connectivity index (χ1) is 6.90. The van der Waals surface area contributed by atoms with Gasteiger partial charge in [-0.3, -0.25) is 0 Å². The highest BCUT2D eigenvalue weighted by Crippen LogP contribution is 2.24. The molecule has 0 bridgehead atoms. The van der Waals surface area contributed by atoms with Gasteiger partial charge >= 0.3 is 0 Å². The lowest BCUT2D eigenvalue weighted by Crippen LogP contribution is -2.07. The maximum atomic E-state index is 5.45. The molecule has 0 radical (unpaired) electrons. The van der Waals surface area contributed by atoms with Crippen molar-refractivity contribution < 1.29 is 4.74 Å². The van der Waals surface area contributed by atoms with Crippen LogP contribution in [0.5, 0.6) is 0 Å². The third kappa shape index (κ3) is 2.32. The molecule has 0 saturated heterocycles. The summed E-state index contributed by atoms with van der Waals surface area (Å²) >= 11 is 1.81. The summed E-state index contributed by atoms with van der Waals surface area (Å²) in [5, 5.41) is 1.26. The van der Waals surface area contributed by atoms with Crippen molar-refractivity contribution in [1.29, 1.82) is 0 Å². The van der Waals surface area contributed by atoms with E-state index in [1.54, 1.807) is 0 Å². The van der Waals surface area contributed by atoms with E-state index in [-0.39, 0.29) is 0 Å². The molecule has 0 atom stereocenters. The summed E-state index contributed by atoms with van der Waals surface area (Å²) in [5.41, 5.74) is 6.72. The lowest BCUT2D eigenvalue weighted by atomic mass is 10.2. The smallest absolute Gasteiger partial charge is 0.0932 e. The minimum atomic E-state index is 0.768. The van der Waals surface area contributed by atoms with E-state index in [4.69, 9.17) is 10.5 Å². The minimum absolute atomic E-state index is 0.768. The van der Waals surface area contributed by atoms with Crippen molar-refractivity contribution in [2.45, 2.75) is 32.3 Å². The molecule has 2 heterocycles. The van der Waals surface area contributed by atoms with Gasteiger partial charge in [0, 0.05) is 6.42 Å². The molecule has 0 spiro atoms. The Kier molecular flexibility index (Phi) is 3.50. The average Bonchev–Trinajstić information content (AvgIpc) is 2.60. The number of rotatable bonds is 4. The van der Waals surface area contributed by atoms with Crippen molar-refractivity contribution in [2.75, 3.05) is 13.2 Å². The fraction of sp³-hybridized carbons (Fsp3) is 0.700. The van der Waals surface area contributed by atoms with E-state index in [2.05, 4.69) is 4.98 Å². The summed E-state index contributed by atoms with van der Waals surface area (Å²) in [6.07, 6.45) is 4.32. The standard InChI is InChI=1S/C10H16N2OS/c11-5-2-1-3-10-12-8-4-6-13-7-9(8)14-10/h1-7,11H2. The Bertz CT molecular complexity index is 275. The number of hydrogen-bond donors (Lipinski definition) is 1. The van der Waals surface area contributed by atoms with Crippen molar-refractivity contribution in [2.24, 2.45) is 5.73 Å². The van der Waals surface area contributed by atoms with Gasteiger partial charge in [-0.05, 0) is 25.8 Å². The van der Waals surface area contributed by atoms with Gasteiger partial charge in [0.1, 0.15) is 0 Å². The van der Waals surface area contributed by atoms with Crippen molar-refractivity contribution in [3.63, 3.8) is 0 Å². The number of ether oxygens (including phenoxy) is 1. The predicted molar refractivity (Wildman–Crippen MR) is 57.5 cm³/mol. The van der Waals surface area contributed by atoms with Crippen LogP contribution in [-0.4, -0.2) is 18.1 Å². The molecule has 0 amide bonds. The van der Waals surface area contributed by atoms with Crippen LogP contribution in [0.25, 0.3) is 0 Å². The third-order valence-corrected chi connectivity index (χ3v) is 3.51. The van der Waals surface area contributed by atoms with Gasteiger partial charge in [-0.2, -0.15) is 0 Å². The molecule has 14 heavy (non-hydrogen) atoms. The number of nitrogens with zero attached hydrogens (tertiary/aromatic N) is 1. The molecule has 0 aliphatic carbocycles. The van der Waals surface area contributed by atoms with Crippen LogP contribution in [0.2, 0.25) is 0 Å².